The fourth-order valence-corrected chi connectivity index (χ4v) is 3.94. The van der Waals surface area contributed by atoms with Gasteiger partial charge in [-0.3, -0.25) is 9.69 Å². The Morgan fingerprint density at radius 2 is 2.21 bits per heavy atom. The maximum atomic E-state index is 12.6. The zero-order valence-corrected chi connectivity index (χ0v) is 15.1. The van der Waals surface area contributed by atoms with Crippen LogP contribution in [0.4, 0.5) is 5.69 Å². The number of aliphatic hydroxyl groups excluding tert-OH is 1. The van der Waals surface area contributed by atoms with Gasteiger partial charge in [-0.1, -0.05) is 18.7 Å². The minimum absolute atomic E-state index is 0.0352. The minimum Gasteiger partial charge on any atom is -0.491 e. The molecule has 128 valence electrons. The number of nitrogens with zero attached hydrogens (tertiary/aromatic N) is 2. The van der Waals surface area contributed by atoms with Crippen molar-refractivity contribution in [3.8, 4) is 5.75 Å². The lowest BCUT2D eigenvalue weighted by Crippen LogP contribution is -2.29. The number of hydrogen-bond acceptors (Lipinski definition) is 7. The number of fused-ring (bicyclic) bond motifs is 1. The van der Waals surface area contributed by atoms with E-state index in [0.717, 1.165) is 22.0 Å². The van der Waals surface area contributed by atoms with E-state index in [1.165, 1.54) is 16.7 Å². The van der Waals surface area contributed by atoms with Crippen LogP contribution in [-0.4, -0.2) is 47.9 Å². The Hall–Kier alpha value is -1.77. The maximum Gasteiger partial charge on any atom is 0.299 e. The van der Waals surface area contributed by atoms with Gasteiger partial charge >= 0.3 is 0 Å². The van der Waals surface area contributed by atoms with Crippen LogP contribution in [0.3, 0.4) is 0 Å². The smallest absolute Gasteiger partial charge is 0.299 e. The van der Waals surface area contributed by atoms with E-state index < -0.39 is 0 Å². The highest BCUT2D eigenvalue weighted by Crippen LogP contribution is 2.48. The Morgan fingerprint density at radius 1 is 1.42 bits per heavy atom. The summed E-state index contributed by atoms with van der Waals surface area (Å²) in [6.45, 7) is 2.75. The van der Waals surface area contributed by atoms with Gasteiger partial charge in [-0.2, -0.15) is 0 Å². The lowest BCUT2D eigenvalue weighted by Gasteiger charge is -2.14. The molecule has 1 fully saturated rings. The standard InChI is InChI=1S/C16H18N2O4S2/c1-3-6-18-14(20)13(22-16(18)23)15-17(2)11-5-4-10(21-8-7-19)9-12(11)24-15/h4-5,9,19H,3,6-8H2,1-2H3. The third kappa shape index (κ3) is 2.97. The van der Waals surface area contributed by atoms with E-state index in [2.05, 4.69) is 0 Å². The topological polar surface area (TPSA) is 62.2 Å². The quantitative estimate of drug-likeness (QED) is 0.634. The van der Waals surface area contributed by atoms with Crippen molar-refractivity contribution >= 4 is 40.7 Å². The fraction of sp³-hybridized carbons (Fsp3) is 0.375. The molecule has 0 bridgehead atoms. The number of carbonyl (C=O) groups excluding carboxylic acids is 1. The van der Waals surface area contributed by atoms with Crippen LogP contribution in [0.5, 0.6) is 5.75 Å². The number of benzene rings is 1. The van der Waals surface area contributed by atoms with Gasteiger partial charge in [0, 0.05) is 18.5 Å². The highest BCUT2D eigenvalue weighted by atomic mass is 32.2. The molecule has 0 unspecified atom stereocenters. The molecule has 1 amide bonds. The summed E-state index contributed by atoms with van der Waals surface area (Å²) >= 11 is 6.61. The average molecular weight is 366 g/mol. The van der Waals surface area contributed by atoms with Crippen LogP contribution >= 0.6 is 24.0 Å². The summed E-state index contributed by atoms with van der Waals surface area (Å²) < 4.78 is 11.0. The average Bonchev–Trinajstić information content (AvgIpc) is 3.04. The van der Waals surface area contributed by atoms with Crippen molar-refractivity contribution in [2.24, 2.45) is 0 Å². The Labute approximate surface area is 150 Å². The van der Waals surface area contributed by atoms with Crippen LogP contribution in [0.15, 0.2) is 33.9 Å². The molecule has 6 nitrogen and oxygen atoms in total. The maximum absolute atomic E-state index is 12.6. The van der Waals surface area contributed by atoms with Crippen molar-refractivity contribution in [2.45, 2.75) is 18.2 Å². The molecule has 2 aliphatic heterocycles. The van der Waals surface area contributed by atoms with E-state index in [1.807, 2.05) is 37.1 Å². The lowest BCUT2D eigenvalue weighted by molar-refractivity contribution is -0.123. The van der Waals surface area contributed by atoms with Gasteiger partial charge in [-0.15, -0.1) is 0 Å². The van der Waals surface area contributed by atoms with Gasteiger partial charge in [0.05, 0.1) is 12.3 Å². The van der Waals surface area contributed by atoms with Crippen LogP contribution in [0.2, 0.25) is 0 Å². The summed E-state index contributed by atoms with van der Waals surface area (Å²) in [5, 5.41) is 9.78. The van der Waals surface area contributed by atoms with Crippen molar-refractivity contribution in [2.75, 3.05) is 31.7 Å². The van der Waals surface area contributed by atoms with Crippen molar-refractivity contribution < 1.29 is 19.4 Å². The molecule has 3 rings (SSSR count). The number of thioether (sulfide) groups is 1. The lowest BCUT2D eigenvalue weighted by atomic mass is 10.3. The van der Waals surface area contributed by atoms with Crippen molar-refractivity contribution in [1.29, 1.82) is 0 Å². The molecule has 0 radical (unpaired) electrons. The predicted octanol–water partition coefficient (Wildman–Crippen LogP) is 2.32. The summed E-state index contributed by atoms with van der Waals surface area (Å²) in [7, 11) is 1.89. The van der Waals surface area contributed by atoms with Crippen molar-refractivity contribution in [1.82, 2.24) is 4.90 Å². The predicted molar refractivity (Wildman–Crippen MR) is 96.0 cm³/mol. The first-order valence-corrected chi connectivity index (χ1v) is 8.86. The number of hydrogen-bond donors (Lipinski definition) is 1. The molecule has 2 aliphatic rings. The fourth-order valence-electron chi connectivity index (χ4n) is 2.53. The molecule has 0 atom stereocenters. The molecule has 0 spiro atoms. The third-order valence-corrected chi connectivity index (χ3v) is 5.16. The number of anilines is 1. The zero-order chi connectivity index (χ0) is 17.3. The molecule has 8 heteroatoms. The highest BCUT2D eigenvalue weighted by molar-refractivity contribution is 8.03. The van der Waals surface area contributed by atoms with Crippen LogP contribution in [0.1, 0.15) is 13.3 Å². The SMILES string of the molecule is CCCN1C(=O)C(=C2Sc3cc(OCCO)ccc3N2C)OC1=S. The molecule has 2 heterocycles. The zero-order valence-electron chi connectivity index (χ0n) is 13.4. The Bertz CT molecular complexity index is 720. The van der Waals surface area contributed by atoms with Crippen LogP contribution in [-0.2, 0) is 9.53 Å². The van der Waals surface area contributed by atoms with Gasteiger partial charge in [-0.25, -0.2) is 0 Å². The normalized spacial score (nSPS) is 19.8. The summed E-state index contributed by atoms with van der Waals surface area (Å²) in [4.78, 5) is 16.9. The second kappa shape index (κ2) is 7.00. The van der Waals surface area contributed by atoms with Gasteiger partial charge < -0.3 is 19.5 Å². The van der Waals surface area contributed by atoms with Gasteiger partial charge in [0.25, 0.3) is 11.1 Å². The molecule has 1 saturated heterocycles. The monoisotopic (exact) mass is 366 g/mol. The first-order chi connectivity index (χ1) is 11.6. The molecular formula is C16H18N2O4S2. The number of amides is 1. The van der Waals surface area contributed by atoms with E-state index in [0.29, 0.717) is 12.3 Å². The second-order valence-electron chi connectivity index (χ2n) is 5.32. The number of aliphatic hydroxyl groups is 1. The Kier molecular flexibility index (Phi) is 4.98. The number of ether oxygens (including phenoxy) is 2. The molecule has 24 heavy (non-hydrogen) atoms. The molecule has 0 aromatic heterocycles. The van der Waals surface area contributed by atoms with Crippen LogP contribution in [0.25, 0.3) is 0 Å². The number of carbonyl (C=O) groups is 1. The van der Waals surface area contributed by atoms with E-state index in [9.17, 15) is 4.79 Å². The van der Waals surface area contributed by atoms with E-state index in [4.69, 9.17) is 26.8 Å². The van der Waals surface area contributed by atoms with E-state index in [-0.39, 0.29) is 30.1 Å². The second-order valence-corrected chi connectivity index (χ2v) is 6.70. The number of thiocarbonyl (C=S) groups is 1. The Morgan fingerprint density at radius 3 is 2.92 bits per heavy atom. The van der Waals surface area contributed by atoms with Gasteiger partial charge in [-0.05, 0) is 36.8 Å². The molecule has 0 saturated carbocycles. The molecular weight excluding hydrogens is 348 g/mol. The summed E-state index contributed by atoms with van der Waals surface area (Å²) in [5.74, 6) is 0.757. The first kappa shape index (κ1) is 17.1. The summed E-state index contributed by atoms with van der Waals surface area (Å²) in [6.07, 6.45) is 0.812. The van der Waals surface area contributed by atoms with Crippen LogP contribution < -0.4 is 9.64 Å². The Balaban J connectivity index is 1.89. The molecule has 1 aromatic carbocycles. The highest BCUT2D eigenvalue weighted by Gasteiger charge is 2.39. The third-order valence-electron chi connectivity index (χ3n) is 3.65. The molecule has 1 aromatic rings. The van der Waals surface area contributed by atoms with E-state index in [1.54, 1.807) is 0 Å². The van der Waals surface area contributed by atoms with E-state index >= 15 is 0 Å². The number of rotatable bonds is 5. The van der Waals surface area contributed by atoms with Gasteiger partial charge in [0.15, 0.2) is 0 Å². The first-order valence-electron chi connectivity index (χ1n) is 7.64. The van der Waals surface area contributed by atoms with Gasteiger partial charge in [0.1, 0.15) is 17.4 Å². The minimum atomic E-state index is -0.194. The van der Waals surface area contributed by atoms with Crippen molar-refractivity contribution in [3.05, 3.63) is 29.0 Å². The van der Waals surface area contributed by atoms with Crippen molar-refractivity contribution in [3.63, 3.8) is 0 Å². The summed E-state index contributed by atoms with van der Waals surface area (Å²) in [6, 6.07) is 5.65. The van der Waals surface area contributed by atoms with Gasteiger partial charge in [0.2, 0.25) is 5.76 Å². The largest absolute Gasteiger partial charge is 0.491 e. The molecule has 1 N–H and O–H groups in total. The van der Waals surface area contributed by atoms with Crippen LogP contribution in [0, 0.1) is 0 Å². The summed E-state index contributed by atoms with van der Waals surface area (Å²) in [5.41, 5.74) is 0.968. The molecule has 0 aliphatic carbocycles.